The maximum atomic E-state index is 11.7. The van der Waals surface area contributed by atoms with Crippen LogP contribution in [0, 0.1) is 0 Å². The van der Waals surface area contributed by atoms with Crippen LogP contribution in [0.25, 0.3) is 0 Å². The summed E-state index contributed by atoms with van der Waals surface area (Å²) in [7, 11) is -3.03. The van der Waals surface area contributed by atoms with E-state index >= 15 is 0 Å². The van der Waals surface area contributed by atoms with Crippen LogP contribution in [0.3, 0.4) is 0 Å². The van der Waals surface area contributed by atoms with Crippen LogP contribution in [-0.2, 0) is 14.6 Å². The lowest BCUT2D eigenvalue weighted by atomic mass is 10.2. The van der Waals surface area contributed by atoms with Gasteiger partial charge in [-0.15, -0.1) is 0 Å². The van der Waals surface area contributed by atoms with Crippen LogP contribution < -0.4 is 10.6 Å². The molecule has 6 heteroatoms. The minimum atomic E-state index is -3.03. The first kappa shape index (κ1) is 14.8. The molecule has 1 aliphatic carbocycles. The Morgan fingerprint density at radius 2 is 1.95 bits per heavy atom. The van der Waals surface area contributed by atoms with Crippen LogP contribution in [0.5, 0.6) is 0 Å². The molecule has 0 aliphatic heterocycles. The molecule has 1 aromatic rings. The second-order valence-corrected chi connectivity index (χ2v) is 7.58. The van der Waals surface area contributed by atoms with Gasteiger partial charge in [-0.3, -0.25) is 4.79 Å². The Morgan fingerprint density at radius 3 is 2.60 bits per heavy atom. The first-order valence-corrected chi connectivity index (χ1v) is 8.65. The SMILES string of the molecule is CC(=O)Nc1cccc(NC2CCCC2S(C)(=O)=O)c1. The molecule has 2 unspecified atom stereocenters. The molecule has 1 aromatic carbocycles. The zero-order valence-corrected chi connectivity index (χ0v) is 12.5. The molecule has 0 radical (unpaired) electrons. The van der Waals surface area contributed by atoms with Gasteiger partial charge in [-0.25, -0.2) is 8.42 Å². The zero-order valence-electron chi connectivity index (χ0n) is 11.7. The maximum absolute atomic E-state index is 11.7. The van der Waals surface area contributed by atoms with Crippen LogP contribution in [0.2, 0.25) is 0 Å². The minimum Gasteiger partial charge on any atom is -0.381 e. The van der Waals surface area contributed by atoms with Crippen LogP contribution in [0.4, 0.5) is 11.4 Å². The van der Waals surface area contributed by atoms with Gasteiger partial charge in [0.1, 0.15) is 0 Å². The number of hydrogen-bond donors (Lipinski definition) is 2. The molecule has 1 aliphatic rings. The average Bonchev–Trinajstić information content (AvgIpc) is 2.76. The van der Waals surface area contributed by atoms with Crippen molar-refractivity contribution >= 4 is 27.1 Å². The number of hydrogen-bond acceptors (Lipinski definition) is 4. The van der Waals surface area contributed by atoms with Gasteiger partial charge in [0, 0.05) is 30.6 Å². The van der Waals surface area contributed by atoms with Gasteiger partial charge in [-0.05, 0) is 37.5 Å². The van der Waals surface area contributed by atoms with E-state index in [4.69, 9.17) is 0 Å². The zero-order chi connectivity index (χ0) is 14.8. The fraction of sp³-hybridized carbons (Fsp3) is 0.500. The van der Waals surface area contributed by atoms with Crippen molar-refractivity contribution in [3.05, 3.63) is 24.3 Å². The summed E-state index contributed by atoms with van der Waals surface area (Å²) in [6.45, 7) is 1.46. The lowest BCUT2D eigenvalue weighted by Crippen LogP contribution is -2.34. The third-order valence-corrected chi connectivity index (χ3v) is 5.20. The van der Waals surface area contributed by atoms with Gasteiger partial charge in [0.05, 0.1) is 5.25 Å². The van der Waals surface area contributed by atoms with E-state index in [1.807, 2.05) is 18.2 Å². The van der Waals surface area contributed by atoms with Crippen LogP contribution in [0.15, 0.2) is 24.3 Å². The van der Waals surface area contributed by atoms with E-state index < -0.39 is 9.84 Å². The molecule has 110 valence electrons. The fourth-order valence-corrected chi connectivity index (χ4v) is 4.10. The van der Waals surface area contributed by atoms with Crippen LogP contribution in [0.1, 0.15) is 26.2 Å². The summed E-state index contributed by atoms with van der Waals surface area (Å²) in [5.41, 5.74) is 1.54. The Bertz CT molecular complexity index is 598. The predicted octanol–water partition coefficient (Wildman–Crippen LogP) is 2.02. The highest BCUT2D eigenvalue weighted by Gasteiger charge is 2.34. The molecule has 1 saturated carbocycles. The van der Waals surface area contributed by atoms with Crippen molar-refractivity contribution in [1.29, 1.82) is 0 Å². The van der Waals surface area contributed by atoms with Gasteiger partial charge in [0.15, 0.2) is 9.84 Å². The Kier molecular flexibility index (Phi) is 4.32. The molecule has 0 spiro atoms. The number of amides is 1. The Balaban J connectivity index is 2.11. The molecule has 20 heavy (non-hydrogen) atoms. The lowest BCUT2D eigenvalue weighted by molar-refractivity contribution is -0.114. The summed E-state index contributed by atoms with van der Waals surface area (Å²) in [4.78, 5) is 11.0. The van der Waals surface area contributed by atoms with Gasteiger partial charge >= 0.3 is 0 Å². The maximum Gasteiger partial charge on any atom is 0.221 e. The molecule has 2 N–H and O–H groups in total. The first-order chi connectivity index (χ1) is 9.36. The standard InChI is InChI=1S/C14H20N2O3S/c1-10(17)15-11-5-3-6-12(9-11)16-13-7-4-8-14(13)20(2,18)19/h3,5-6,9,13-14,16H,4,7-8H2,1-2H3,(H,15,17). The van der Waals surface area contributed by atoms with Crippen molar-refractivity contribution in [2.75, 3.05) is 16.9 Å². The third-order valence-electron chi connectivity index (χ3n) is 3.54. The quantitative estimate of drug-likeness (QED) is 0.891. The molecule has 5 nitrogen and oxygen atoms in total. The van der Waals surface area contributed by atoms with Gasteiger partial charge in [0.2, 0.25) is 5.91 Å². The highest BCUT2D eigenvalue weighted by molar-refractivity contribution is 7.91. The number of benzene rings is 1. The number of rotatable bonds is 4. The van der Waals surface area contributed by atoms with Gasteiger partial charge in [-0.2, -0.15) is 0 Å². The topological polar surface area (TPSA) is 75.3 Å². The molecular formula is C14H20N2O3S. The van der Waals surface area contributed by atoms with E-state index in [9.17, 15) is 13.2 Å². The molecule has 0 saturated heterocycles. The monoisotopic (exact) mass is 296 g/mol. The van der Waals surface area contributed by atoms with Crippen molar-refractivity contribution in [3.63, 3.8) is 0 Å². The van der Waals surface area contributed by atoms with Crippen molar-refractivity contribution in [3.8, 4) is 0 Å². The largest absolute Gasteiger partial charge is 0.381 e. The molecule has 0 bridgehead atoms. The van der Waals surface area contributed by atoms with Gasteiger partial charge in [0.25, 0.3) is 0 Å². The van der Waals surface area contributed by atoms with Crippen LogP contribution in [-0.4, -0.2) is 31.9 Å². The predicted molar refractivity (Wildman–Crippen MR) is 80.6 cm³/mol. The molecule has 1 amide bonds. The number of nitrogens with one attached hydrogen (secondary N) is 2. The van der Waals surface area contributed by atoms with Crippen molar-refractivity contribution < 1.29 is 13.2 Å². The molecule has 2 rings (SSSR count). The molecular weight excluding hydrogens is 276 g/mol. The number of carbonyl (C=O) groups excluding carboxylic acids is 1. The molecule has 0 heterocycles. The van der Waals surface area contributed by atoms with Crippen molar-refractivity contribution in [2.45, 2.75) is 37.5 Å². The number of anilines is 2. The number of carbonyl (C=O) groups is 1. The van der Waals surface area contributed by atoms with E-state index in [2.05, 4.69) is 10.6 Å². The summed E-state index contributed by atoms with van der Waals surface area (Å²) < 4.78 is 23.5. The van der Waals surface area contributed by atoms with E-state index in [-0.39, 0.29) is 17.2 Å². The Hall–Kier alpha value is -1.56. The van der Waals surface area contributed by atoms with Crippen molar-refractivity contribution in [1.82, 2.24) is 0 Å². The van der Waals surface area contributed by atoms with Crippen molar-refractivity contribution in [2.24, 2.45) is 0 Å². The van der Waals surface area contributed by atoms with Gasteiger partial charge < -0.3 is 10.6 Å². The molecule has 1 fully saturated rings. The first-order valence-electron chi connectivity index (χ1n) is 6.69. The summed E-state index contributed by atoms with van der Waals surface area (Å²) in [5.74, 6) is -0.128. The summed E-state index contributed by atoms with van der Waals surface area (Å²) in [5, 5.41) is 5.67. The van der Waals surface area contributed by atoms with E-state index in [0.717, 1.165) is 18.5 Å². The second-order valence-electron chi connectivity index (χ2n) is 5.31. The smallest absolute Gasteiger partial charge is 0.221 e. The van der Waals surface area contributed by atoms with Crippen LogP contribution >= 0.6 is 0 Å². The highest BCUT2D eigenvalue weighted by atomic mass is 32.2. The number of sulfone groups is 1. The summed E-state index contributed by atoms with van der Waals surface area (Å²) >= 11 is 0. The molecule has 2 atom stereocenters. The molecule has 0 aromatic heterocycles. The van der Waals surface area contributed by atoms with E-state index in [0.29, 0.717) is 12.1 Å². The fourth-order valence-electron chi connectivity index (χ4n) is 2.71. The minimum absolute atomic E-state index is 0.0578. The summed E-state index contributed by atoms with van der Waals surface area (Å²) in [6, 6.07) is 7.27. The summed E-state index contributed by atoms with van der Waals surface area (Å²) in [6.07, 6.45) is 3.77. The second kappa shape index (κ2) is 5.83. The van der Waals surface area contributed by atoms with Gasteiger partial charge in [-0.1, -0.05) is 6.07 Å². The average molecular weight is 296 g/mol. The normalized spacial score (nSPS) is 22.5. The van der Waals surface area contributed by atoms with E-state index in [1.165, 1.54) is 13.2 Å². The lowest BCUT2D eigenvalue weighted by Gasteiger charge is -2.21. The van der Waals surface area contributed by atoms with E-state index in [1.54, 1.807) is 6.07 Å². The Morgan fingerprint density at radius 1 is 1.25 bits per heavy atom. The highest BCUT2D eigenvalue weighted by Crippen LogP contribution is 2.28. The third kappa shape index (κ3) is 3.72. The Labute approximate surface area is 119 Å².